The van der Waals surface area contributed by atoms with Gasteiger partial charge in [0.15, 0.2) is 4.32 Å². The first-order valence-corrected chi connectivity index (χ1v) is 9.44. The molecule has 0 saturated carbocycles. The van der Waals surface area contributed by atoms with E-state index in [4.69, 9.17) is 12.2 Å². The van der Waals surface area contributed by atoms with Gasteiger partial charge >= 0.3 is 0 Å². The van der Waals surface area contributed by atoms with Crippen LogP contribution < -0.4 is 4.90 Å². The van der Waals surface area contributed by atoms with E-state index in [-0.39, 0.29) is 5.91 Å². The molecule has 22 heavy (non-hydrogen) atoms. The maximum absolute atomic E-state index is 12.7. The van der Waals surface area contributed by atoms with Crippen LogP contribution in [0.4, 0.5) is 5.69 Å². The SMILES string of the molecule is O=C1/C(=C/c2ccccc2I)SC(=S)N1c1ccccc1Br. The van der Waals surface area contributed by atoms with Crippen LogP contribution in [0.5, 0.6) is 0 Å². The molecule has 0 atom stereocenters. The molecule has 0 N–H and O–H groups in total. The van der Waals surface area contributed by atoms with Crippen molar-refractivity contribution in [2.45, 2.75) is 0 Å². The van der Waals surface area contributed by atoms with Crippen molar-refractivity contribution in [3.05, 3.63) is 67.0 Å². The molecular formula is C16H9BrINOS2. The highest BCUT2D eigenvalue weighted by Gasteiger charge is 2.34. The van der Waals surface area contributed by atoms with E-state index in [1.165, 1.54) is 11.8 Å². The monoisotopic (exact) mass is 501 g/mol. The predicted octanol–water partition coefficient (Wildman–Crippen LogP) is 5.46. The van der Waals surface area contributed by atoms with Gasteiger partial charge in [-0.15, -0.1) is 0 Å². The molecule has 2 nitrogen and oxygen atoms in total. The van der Waals surface area contributed by atoms with Gasteiger partial charge in [0.25, 0.3) is 5.91 Å². The molecule has 0 spiro atoms. The van der Waals surface area contributed by atoms with Crippen molar-refractivity contribution in [3.8, 4) is 0 Å². The molecule has 0 bridgehead atoms. The number of amides is 1. The molecule has 6 heteroatoms. The number of nitrogens with zero attached hydrogens (tertiary/aromatic N) is 1. The maximum atomic E-state index is 12.7. The Balaban J connectivity index is 1.99. The molecule has 1 saturated heterocycles. The topological polar surface area (TPSA) is 20.3 Å². The molecule has 1 aliphatic rings. The lowest BCUT2D eigenvalue weighted by Gasteiger charge is -2.15. The summed E-state index contributed by atoms with van der Waals surface area (Å²) in [7, 11) is 0. The van der Waals surface area contributed by atoms with E-state index >= 15 is 0 Å². The summed E-state index contributed by atoms with van der Waals surface area (Å²) in [5.74, 6) is -0.0819. The lowest BCUT2D eigenvalue weighted by Crippen LogP contribution is -2.27. The van der Waals surface area contributed by atoms with Gasteiger partial charge in [0.05, 0.1) is 10.6 Å². The van der Waals surface area contributed by atoms with Gasteiger partial charge < -0.3 is 0 Å². The number of anilines is 1. The first-order chi connectivity index (χ1) is 10.6. The summed E-state index contributed by atoms with van der Waals surface area (Å²) in [5, 5.41) is 0. The van der Waals surface area contributed by atoms with Crippen LogP contribution in [0.1, 0.15) is 5.56 Å². The number of hydrogen-bond donors (Lipinski definition) is 0. The Morgan fingerprint density at radius 2 is 1.82 bits per heavy atom. The third kappa shape index (κ3) is 3.15. The minimum atomic E-state index is -0.0819. The summed E-state index contributed by atoms with van der Waals surface area (Å²) in [5.41, 5.74) is 1.80. The van der Waals surface area contributed by atoms with Crippen LogP contribution in [-0.2, 0) is 4.79 Å². The molecule has 0 aromatic heterocycles. The van der Waals surface area contributed by atoms with Gasteiger partial charge in [-0.1, -0.05) is 54.3 Å². The van der Waals surface area contributed by atoms with Crippen LogP contribution in [0, 0.1) is 3.57 Å². The Labute approximate surface area is 160 Å². The highest BCUT2D eigenvalue weighted by Crippen LogP contribution is 2.39. The number of thioether (sulfide) groups is 1. The zero-order valence-corrected chi connectivity index (χ0v) is 16.5. The number of rotatable bonds is 2. The minimum absolute atomic E-state index is 0.0819. The largest absolute Gasteiger partial charge is 0.270 e. The fraction of sp³-hybridized carbons (Fsp3) is 0. The normalized spacial score (nSPS) is 16.6. The van der Waals surface area contributed by atoms with E-state index in [2.05, 4.69) is 38.5 Å². The highest BCUT2D eigenvalue weighted by atomic mass is 127. The quantitative estimate of drug-likeness (QED) is 0.309. The van der Waals surface area contributed by atoms with Gasteiger partial charge in [0.1, 0.15) is 0 Å². The predicted molar refractivity (Wildman–Crippen MR) is 109 cm³/mol. The van der Waals surface area contributed by atoms with Crippen molar-refractivity contribution < 1.29 is 4.79 Å². The third-order valence-corrected chi connectivity index (χ3v) is 6.03. The number of carbonyl (C=O) groups excluding carboxylic acids is 1. The van der Waals surface area contributed by atoms with E-state index in [9.17, 15) is 4.79 Å². The average molecular weight is 502 g/mol. The fourth-order valence-corrected chi connectivity index (χ4v) is 4.32. The van der Waals surface area contributed by atoms with Crippen LogP contribution in [0.3, 0.4) is 0 Å². The van der Waals surface area contributed by atoms with Gasteiger partial charge in [-0.2, -0.15) is 0 Å². The lowest BCUT2D eigenvalue weighted by molar-refractivity contribution is -0.113. The molecule has 1 aliphatic heterocycles. The summed E-state index contributed by atoms with van der Waals surface area (Å²) in [4.78, 5) is 14.9. The number of hydrogen-bond acceptors (Lipinski definition) is 3. The van der Waals surface area contributed by atoms with Crippen LogP contribution in [0.2, 0.25) is 0 Å². The smallest absolute Gasteiger partial charge is 0.268 e. The number of benzene rings is 2. The van der Waals surface area contributed by atoms with E-state index in [0.29, 0.717) is 9.23 Å². The lowest BCUT2D eigenvalue weighted by atomic mass is 10.2. The summed E-state index contributed by atoms with van der Waals surface area (Å²) in [6, 6.07) is 15.5. The van der Waals surface area contributed by atoms with E-state index in [0.717, 1.165) is 19.3 Å². The fourth-order valence-electron chi connectivity index (χ4n) is 2.04. The van der Waals surface area contributed by atoms with E-state index in [1.807, 2.05) is 54.6 Å². The van der Waals surface area contributed by atoms with Gasteiger partial charge in [0.2, 0.25) is 0 Å². The first kappa shape index (κ1) is 16.2. The number of para-hydroxylation sites is 1. The van der Waals surface area contributed by atoms with Crippen LogP contribution in [-0.4, -0.2) is 10.2 Å². The van der Waals surface area contributed by atoms with Crippen molar-refractivity contribution in [2.75, 3.05) is 4.90 Å². The van der Waals surface area contributed by atoms with Crippen LogP contribution in [0.15, 0.2) is 57.9 Å². The first-order valence-electron chi connectivity index (χ1n) is 6.35. The summed E-state index contributed by atoms with van der Waals surface area (Å²) in [6.07, 6.45) is 1.90. The van der Waals surface area contributed by atoms with Crippen molar-refractivity contribution in [3.63, 3.8) is 0 Å². The molecule has 0 unspecified atom stereocenters. The summed E-state index contributed by atoms with van der Waals surface area (Å²) in [6.45, 7) is 0. The Morgan fingerprint density at radius 3 is 2.55 bits per heavy atom. The molecule has 0 aliphatic carbocycles. The maximum Gasteiger partial charge on any atom is 0.270 e. The van der Waals surface area contributed by atoms with E-state index < -0.39 is 0 Å². The highest BCUT2D eigenvalue weighted by molar-refractivity contribution is 14.1. The molecular weight excluding hydrogens is 493 g/mol. The Bertz CT molecular complexity index is 806. The zero-order chi connectivity index (χ0) is 15.7. The minimum Gasteiger partial charge on any atom is -0.268 e. The van der Waals surface area contributed by atoms with Gasteiger partial charge in [0, 0.05) is 8.04 Å². The van der Waals surface area contributed by atoms with Crippen molar-refractivity contribution in [2.24, 2.45) is 0 Å². The van der Waals surface area contributed by atoms with Gasteiger partial charge in [-0.3, -0.25) is 9.69 Å². The molecule has 1 amide bonds. The molecule has 2 aromatic carbocycles. The molecule has 110 valence electrons. The summed E-state index contributed by atoms with van der Waals surface area (Å²) >= 11 is 12.5. The van der Waals surface area contributed by atoms with Crippen molar-refractivity contribution in [1.29, 1.82) is 0 Å². The van der Waals surface area contributed by atoms with Crippen LogP contribution >= 0.6 is 62.5 Å². The molecule has 2 aromatic rings. The molecule has 1 heterocycles. The second kappa shape index (κ2) is 6.82. The average Bonchev–Trinajstić information content (AvgIpc) is 2.77. The molecule has 3 rings (SSSR count). The second-order valence-corrected chi connectivity index (χ2v) is 8.18. The van der Waals surface area contributed by atoms with Crippen LogP contribution in [0.25, 0.3) is 6.08 Å². The Morgan fingerprint density at radius 1 is 1.14 bits per heavy atom. The molecule has 1 fully saturated rings. The van der Waals surface area contributed by atoms with E-state index in [1.54, 1.807) is 4.90 Å². The van der Waals surface area contributed by atoms with Crippen molar-refractivity contribution in [1.82, 2.24) is 0 Å². The number of thiocarbonyl (C=S) groups is 1. The van der Waals surface area contributed by atoms with Crippen molar-refractivity contribution >= 4 is 84.5 Å². The Hall–Kier alpha value is -0.700. The summed E-state index contributed by atoms with van der Waals surface area (Å²) < 4.78 is 2.50. The zero-order valence-electron chi connectivity index (χ0n) is 11.1. The Kier molecular flexibility index (Phi) is 5.01. The molecule has 0 radical (unpaired) electrons. The van der Waals surface area contributed by atoms with Gasteiger partial charge in [-0.05, 0) is 68.4 Å². The number of halogens is 2. The second-order valence-electron chi connectivity index (χ2n) is 4.49. The number of carbonyl (C=O) groups is 1. The van der Waals surface area contributed by atoms with Gasteiger partial charge in [-0.25, -0.2) is 0 Å². The standard InChI is InChI=1S/C16H9BrINOS2/c17-11-6-2-4-8-13(11)19-15(20)14(22-16(19)21)9-10-5-1-3-7-12(10)18/h1-9H/b14-9-. The third-order valence-electron chi connectivity index (χ3n) is 3.08.